The first-order chi connectivity index (χ1) is 8.67. The Labute approximate surface area is 109 Å². The number of aromatic nitrogens is 1. The summed E-state index contributed by atoms with van der Waals surface area (Å²) in [4.78, 5) is 4.53. The van der Waals surface area contributed by atoms with Crippen LogP contribution in [0.5, 0.6) is 16.7 Å². The number of nitrogens with zero attached hydrogens (tertiary/aromatic N) is 2. The summed E-state index contributed by atoms with van der Waals surface area (Å²) in [6.07, 6.45) is 1.64. The summed E-state index contributed by atoms with van der Waals surface area (Å²) in [7, 11) is 0. The molecular formula is C13H12N2O2S. The molecule has 0 spiro atoms. The van der Waals surface area contributed by atoms with Crippen LogP contribution in [0.2, 0.25) is 0 Å². The number of hydrogen-bond donors (Lipinski definition) is 0. The monoisotopic (exact) mass is 260 g/mol. The fraction of sp³-hybridized carbons (Fsp3) is 0.231. The lowest BCUT2D eigenvalue weighted by Crippen LogP contribution is -2.05. The van der Waals surface area contributed by atoms with Gasteiger partial charge in [0.2, 0.25) is 0 Å². The van der Waals surface area contributed by atoms with Crippen molar-refractivity contribution in [3.8, 4) is 22.8 Å². The molecule has 0 amide bonds. The van der Waals surface area contributed by atoms with Gasteiger partial charge >= 0.3 is 0 Å². The average molecular weight is 260 g/mol. The average Bonchev–Trinajstić information content (AvgIpc) is 2.79. The lowest BCUT2D eigenvalue weighted by Gasteiger charge is -2.09. The summed E-state index contributed by atoms with van der Waals surface area (Å²) in [6.45, 7) is 3.95. The molecule has 1 heterocycles. The highest BCUT2D eigenvalue weighted by molar-refractivity contribution is 7.13. The summed E-state index contributed by atoms with van der Waals surface area (Å²) in [5, 5.41) is 9.15. The largest absolute Gasteiger partial charge is 0.491 e. The molecule has 0 aliphatic heterocycles. The fourth-order valence-electron chi connectivity index (χ4n) is 1.32. The van der Waals surface area contributed by atoms with E-state index in [-0.39, 0.29) is 6.10 Å². The molecule has 0 saturated carbocycles. The summed E-state index contributed by atoms with van der Waals surface area (Å²) in [5.74, 6) is 1.47. The van der Waals surface area contributed by atoms with Crippen LogP contribution in [0.4, 0.5) is 0 Å². The number of ether oxygens (including phenoxy) is 2. The van der Waals surface area contributed by atoms with Gasteiger partial charge in [0.05, 0.1) is 12.3 Å². The summed E-state index contributed by atoms with van der Waals surface area (Å²) in [6, 6.07) is 9.32. The zero-order valence-electron chi connectivity index (χ0n) is 10.1. The summed E-state index contributed by atoms with van der Waals surface area (Å²) < 4.78 is 11.1. The minimum Gasteiger partial charge on any atom is -0.491 e. The topological polar surface area (TPSA) is 55.1 Å². The first kappa shape index (κ1) is 12.4. The molecule has 0 N–H and O–H groups in total. The van der Waals surface area contributed by atoms with E-state index in [1.54, 1.807) is 0 Å². The van der Waals surface area contributed by atoms with Gasteiger partial charge in [-0.25, -0.2) is 4.98 Å². The molecule has 0 fully saturated rings. The standard InChI is InChI=1S/C13H12N2O2S/c1-9(2)16-10-3-5-11(6-4-10)17-13-15-8-12(7-14)18-13/h3-6,8-9H,1-2H3. The summed E-state index contributed by atoms with van der Waals surface area (Å²) >= 11 is 1.22. The van der Waals surface area contributed by atoms with E-state index in [9.17, 15) is 0 Å². The molecule has 1 aromatic carbocycles. The van der Waals surface area contributed by atoms with E-state index in [2.05, 4.69) is 4.98 Å². The minimum atomic E-state index is 0.147. The molecule has 18 heavy (non-hydrogen) atoms. The van der Waals surface area contributed by atoms with Crippen molar-refractivity contribution < 1.29 is 9.47 Å². The molecule has 92 valence electrons. The second-order valence-corrected chi connectivity index (χ2v) is 4.84. The van der Waals surface area contributed by atoms with Crippen LogP contribution in [0.3, 0.4) is 0 Å². The fourth-order valence-corrected chi connectivity index (χ4v) is 1.90. The Balaban J connectivity index is 2.04. The predicted molar refractivity (Wildman–Crippen MR) is 69.1 cm³/mol. The normalized spacial score (nSPS) is 10.1. The van der Waals surface area contributed by atoms with E-state index in [1.807, 2.05) is 44.2 Å². The summed E-state index contributed by atoms with van der Waals surface area (Å²) in [5.41, 5.74) is 0. The lowest BCUT2D eigenvalue weighted by atomic mass is 10.3. The molecule has 0 unspecified atom stereocenters. The third-order valence-electron chi connectivity index (χ3n) is 2.00. The Bertz CT molecular complexity index is 555. The molecular weight excluding hydrogens is 248 g/mol. The van der Waals surface area contributed by atoms with Gasteiger partial charge in [-0.2, -0.15) is 5.26 Å². The van der Waals surface area contributed by atoms with E-state index in [4.69, 9.17) is 14.7 Å². The maximum atomic E-state index is 8.69. The molecule has 0 saturated heterocycles. The van der Waals surface area contributed by atoms with Crippen molar-refractivity contribution in [2.75, 3.05) is 0 Å². The van der Waals surface area contributed by atoms with Gasteiger partial charge in [0.1, 0.15) is 22.4 Å². The maximum absolute atomic E-state index is 8.69. The molecule has 0 radical (unpaired) electrons. The number of rotatable bonds is 4. The van der Waals surface area contributed by atoms with Gasteiger partial charge in [-0.1, -0.05) is 11.3 Å². The van der Waals surface area contributed by atoms with E-state index >= 15 is 0 Å². The first-order valence-electron chi connectivity index (χ1n) is 5.48. The van der Waals surface area contributed by atoms with Crippen LogP contribution < -0.4 is 9.47 Å². The molecule has 0 aliphatic rings. The van der Waals surface area contributed by atoms with Crippen molar-refractivity contribution in [1.82, 2.24) is 4.98 Å². The van der Waals surface area contributed by atoms with Gasteiger partial charge in [0.25, 0.3) is 5.19 Å². The molecule has 0 atom stereocenters. The van der Waals surface area contributed by atoms with E-state index < -0.39 is 0 Å². The molecule has 4 nitrogen and oxygen atoms in total. The highest BCUT2D eigenvalue weighted by atomic mass is 32.1. The van der Waals surface area contributed by atoms with Crippen molar-refractivity contribution in [2.45, 2.75) is 20.0 Å². The Kier molecular flexibility index (Phi) is 3.80. The van der Waals surface area contributed by atoms with Gasteiger partial charge in [-0.05, 0) is 38.1 Å². The Hall–Kier alpha value is -2.06. The van der Waals surface area contributed by atoms with Crippen LogP contribution in [0.1, 0.15) is 18.7 Å². The molecule has 2 aromatic rings. The zero-order valence-corrected chi connectivity index (χ0v) is 10.9. The predicted octanol–water partition coefficient (Wildman–Crippen LogP) is 3.59. The number of nitriles is 1. The van der Waals surface area contributed by atoms with Crippen molar-refractivity contribution in [2.24, 2.45) is 0 Å². The lowest BCUT2D eigenvalue weighted by molar-refractivity contribution is 0.242. The van der Waals surface area contributed by atoms with Crippen LogP contribution in [-0.2, 0) is 0 Å². The number of benzene rings is 1. The highest BCUT2D eigenvalue weighted by Gasteiger charge is 2.04. The van der Waals surface area contributed by atoms with Crippen LogP contribution >= 0.6 is 11.3 Å². The molecule has 5 heteroatoms. The van der Waals surface area contributed by atoms with Gasteiger partial charge in [-0.15, -0.1) is 0 Å². The Morgan fingerprint density at radius 2 is 1.89 bits per heavy atom. The van der Waals surface area contributed by atoms with Crippen molar-refractivity contribution >= 4 is 11.3 Å². The second kappa shape index (κ2) is 5.52. The molecule has 0 aliphatic carbocycles. The van der Waals surface area contributed by atoms with Crippen LogP contribution in [0.25, 0.3) is 0 Å². The van der Waals surface area contributed by atoms with Crippen LogP contribution in [-0.4, -0.2) is 11.1 Å². The van der Waals surface area contributed by atoms with Gasteiger partial charge in [0, 0.05) is 0 Å². The van der Waals surface area contributed by atoms with Crippen molar-refractivity contribution in [3.63, 3.8) is 0 Å². The van der Waals surface area contributed by atoms with Gasteiger partial charge < -0.3 is 9.47 Å². The molecule has 0 bridgehead atoms. The van der Waals surface area contributed by atoms with Gasteiger partial charge in [0.15, 0.2) is 0 Å². The third-order valence-corrected chi connectivity index (χ3v) is 2.78. The Morgan fingerprint density at radius 3 is 2.44 bits per heavy atom. The van der Waals surface area contributed by atoms with E-state index in [1.165, 1.54) is 17.5 Å². The zero-order chi connectivity index (χ0) is 13.0. The first-order valence-corrected chi connectivity index (χ1v) is 6.29. The van der Waals surface area contributed by atoms with E-state index in [0.29, 0.717) is 15.8 Å². The third kappa shape index (κ3) is 3.22. The van der Waals surface area contributed by atoms with Crippen LogP contribution in [0, 0.1) is 11.3 Å². The number of hydrogen-bond acceptors (Lipinski definition) is 5. The SMILES string of the molecule is CC(C)Oc1ccc(Oc2ncc(C#N)s2)cc1. The highest BCUT2D eigenvalue weighted by Crippen LogP contribution is 2.27. The van der Waals surface area contributed by atoms with Crippen LogP contribution in [0.15, 0.2) is 30.5 Å². The minimum absolute atomic E-state index is 0.147. The Morgan fingerprint density at radius 1 is 1.22 bits per heavy atom. The maximum Gasteiger partial charge on any atom is 0.279 e. The molecule has 1 aromatic heterocycles. The van der Waals surface area contributed by atoms with Crippen molar-refractivity contribution in [3.05, 3.63) is 35.3 Å². The van der Waals surface area contributed by atoms with Crippen molar-refractivity contribution in [1.29, 1.82) is 5.26 Å². The van der Waals surface area contributed by atoms with Gasteiger partial charge in [-0.3, -0.25) is 0 Å². The van der Waals surface area contributed by atoms with E-state index in [0.717, 1.165) is 5.75 Å². The second-order valence-electron chi connectivity index (χ2n) is 3.84. The smallest absolute Gasteiger partial charge is 0.279 e. The number of thiazole rings is 1. The molecule has 2 rings (SSSR count). The quantitative estimate of drug-likeness (QED) is 0.842.